The van der Waals surface area contributed by atoms with Crippen LogP contribution in [0.2, 0.25) is 0 Å². The van der Waals surface area contributed by atoms with E-state index in [2.05, 4.69) is 9.71 Å². The number of aromatic nitrogens is 2. The lowest BCUT2D eigenvalue weighted by Crippen LogP contribution is -2.48. The van der Waals surface area contributed by atoms with E-state index >= 15 is 0 Å². The lowest BCUT2D eigenvalue weighted by Gasteiger charge is -2.33. The van der Waals surface area contributed by atoms with E-state index in [0.717, 1.165) is 4.31 Å². The number of aryl methyl sites for hydroxylation is 1. The molecule has 12 nitrogen and oxygen atoms in total. The van der Waals surface area contributed by atoms with Crippen molar-refractivity contribution in [1.82, 2.24) is 18.8 Å². The fourth-order valence-electron chi connectivity index (χ4n) is 4.56. The van der Waals surface area contributed by atoms with Gasteiger partial charge in [0.15, 0.2) is 5.03 Å². The summed E-state index contributed by atoms with van der Waals surface area (Å²) >= 11 is 0. The molecule has 2 heterocycles. The number of anilines is 1. The third kappa shape index (κ3) is 6.89. The molecule has 222 valence electrons. The van der Waals surface area contributed by atoms with Gasteiger partial charge in [-0.25, -0.2) is 21.8 Å². The average Bonchev–Trinajstić information content (AvgIpc) is 3.40. The molecule has 0 radical (unpaired) electrons. The van der Waals surface area contributed by atoms with Crippen LogP contribution in [0.1, 0.15) is 19.4 Å². The molecule has 0 bridgehead atoms. The van der Waals surface area contributed by atoms with Crippen LogP contribution in [-0.2, 0) is 38.3 Å². The standard InChI is InChI=1S/C27H35N5O7S2/c1-19-14-32(20(2)17-33)27(34)13-21-12-22(29-40(35,36)23-8-6-5-7-9-23)10-11-24(21)39-25(19)15-31(4)41(37,38)26-16-30(3)18-28-26/h5-12,16,18-20,25,29,33H,13-15,17H2,1-4H3/t19-,20-,25+/m0/s1. The molecule has 3 aromatic rings. The topological polar surface area (TPSA) is 151 Å². The monoisotopic (exact) mass is 605 g/mol. The molecule has 14 heteroatoms. The van der Waals surface area contributed by atoms with E-state index in [1.54, 1.807) is 47.7 Å². The molecular formula is C27H35N5O7S2. The van der Waals surface area contributed by atoms with Gasteiger partial charge in [-0.2, -0.15) is 4.31 Å². The zero-order valence-electron chi connectivity index (χ0n) is 23.3. The minimum Gasteiger partial charge on any atom is -0.488 e. The number of imidazole rings is 1. The van der Waals surface area contributed by atoms with Crippen LogP contribution < -0.4 is 9.46 Å². The molecule has 0 fully saturated rings. The number of amides is 1. The van der Waals surface area contributed by atoms with Crippen LogP contribution >= 0.6 is 0 Å². The number of carbonyl (C=O) groups excluding carboxylic acids is 1. The molecule has 4 rings (SSSR count). The first-order chi connectivity index (χ1) is 19.3. The van der Waals surface area contributed by atoms with Crippen molar-refractivity contribution in [3.05, 3.63) is 66.6 Å². The van der Waals surface area contributed by atoms with Crippen LogP contribution in [0.5, 0.6) is 5.75 Å². The van der Waals surface area contributed by atoms with Gasteiger partial charge in [-0.05, 0) is 37.3 Å². The molecule has 1 aliphatic rings. The van der Waals surface area contributed by atoms with Crippen LogP contribution in [0.15, 0.2) is 71.0 Å². The van der Waals surface area contributed by atoms with Crippen LogP contribution in [0.3, 0.4) is 0 Å². The second kappa shape index (κ2) is 12.2. The van der Waals surface area contributed by atoms with Gasteiger partial charge in [0.1, 0.15) is 11.9 Å². The Hall–Kier alpha value is -3.46. The number of hydrogen-bond donors (Lipinski definition) is 2. The molecule has 0 unspecified atom stereocenters. The number of rotatable bonds is 9. The summed E-state index contributed by atoms with van der Waals surface area (Å²) in [5.74, 6) is -0.280. The summed E-state index contributed by atoms with van der Waals surface area (Å²) in [5.41, 5.74) is 0.664. The van der Waals surface area contributed by atoms with Gasteiger partial charge < -0.3 is 19.3 Å². The molecule has 1 aromatic heterocycles. The summed E-state index contributed by atoms with van der Waals surface area (Å²) in [6.07, 6.45) is 2.01. The van der Waals surface area contributed by atoms with Crippen molar-refractivity contribution >= 4 is 31.6 Å². The molecule has 0 saturated heterocycles. The number of benzene rings is 2. The first-order valence-electron chi connectivity index (χ1n) is 13.0. The van der Waals surface area contributed by atoms with E-state index in [4.69, 9.17) is 4.74 Å². The van der Waals surface area contributed by atoms with E-state index in [0.29, 0.717) is 11.3 Å². The molecule has 0 aliphatic carbocycles. The number of sulfonamides is 2. The Morgan fingerprint density at radius 2 is 1.88 bits per heavy atom. The summed E-state index contributed by atoms with van der Waals surface area (Å²) in [4.78, 5) is 19.0. The lowest BCUT2D eigenvalue weighted by atomic mass is 10.0. The van der Waals surface area contributed by atoms with Crippen LogP contribution in [0.25, 0.3) is 0 Å². The number of ether oxygens (including phenoxy) is 1. The van der Waals surface area contributed by atoms with Crippen molar-refractivity contribution in [1.29, 1.82) is 0 Å². The number of likely N-dealkylation sites (N-methyl/N-ethyl adjacent to an activating group) is 1. The highest BCUT2D eigenvalue weighted by Gasteiger charge is 2.34. The minimum atomic E-state index is -3.92. The van der Waals surface area contributed by atoms with E-state index in [9.17, 15) is 26.7 Å². The van der Waals surface area contributed by atoms with Crippen molar-refractivity contribution in [2.75, 3.05) is 31.5 Å². The van der Waals surface area contributed by atoms with Gasteiger partial charge in [0, 0.05) is 44.0 Å². The van der Waals surface area contributed by atoms with Crippen LogP contribution in [0.4, 0.5) is 5.69 Å². The lowest BCUT2D eigenvalue weighted by molar-refractivity contribution is -0.134. The summed E-state index contributed by atoms with van der Waals surface area (Å²) in [6.45, 7) is 3.48. The van der Waals surface area contributed by atoms with E-state index in [-0.39, 0.29) is 53.6 Å². The molecule has 1 aliphatic heterocycles. The first-order valence-corrected chi connectivity index (χ1v) is 16.0. The highest BCUT2D eigenvalue weighted by molar-refractivity contribution is 7.92. The number of aliphatic hydroxyl groups is 1. The number of aliphatic hydroxyl groups excluding tert-OH is 1. The second-order valence-electron chi connectivity index (χ2n) is 10.3. The predicted octanol–water partition coefficient (Wildman–Crippen LogP) is 1.69. The SMILES string of the molecule is C[C@H]1CN([C@@H](C)CO)C(=O)Cc2cc(NS(=O)(=O)c3ccccc3)ccc2O[C@@H]1CN(C)S(=O)(=O)c1cn(C)cn1. The largest absolute Gasteiger partial charge is 0.488 e. The van der Waals surface area contributed by atoms with E-state index in [1.807, 2.05) is 6.92 Å². The van der Waals surface area contributed by atoms with E-state index in [1.165, 1.54) is 43.8 Å². The van der Waals surface area contributed by atoms with E-state index < -0.39 is 32.2 Å². The number of fused-ring (bicyclic) bond motifs is 1. The van der Waals surface area contributed by atoms with Gasteiger partial charge >= 0.3 is 0 Å². The summed E-state index contributed by atoms with van der Waals surface area (Å²) < 4.78 is 63.8. The highest BCUT2D eigenvalue weighted by atomic mass is 32.2. The van der Waals surface area contributed by atoms with Gasteiger partial charge in [0.2, 0.25) is 5.91 Å². The Labute approximate surface area is 240 Å². The highest BCUT2D eigenvalue weighted by Crippen LogP contribution is 2.30. The molecule has 1 amide bonds. The van der Waals surface area contributed by atoms with Crippen LogP contribution in [0, 0.1) is 5.92 Å². The molecule has 0 saturated carbocycles. The van der Waals surface area contributed by atoms with Crippen molar-refractivity contribution in [2.24, 2.45) is 13.0 Å². The fourth-order valence-corrected chi connectivity index (χ4v) is 6.77. The number of carbonyl (C=O) groups is 1. The summed E-state index contributed by atoms with van der Waals surface area (Å²) in [5, 5.41) is 9.75. The number of nitrogens with zero attached hydrogens (tertiary/aromatic N) is 4. The number of hydrogen-bond acceptors (Lipinski definition) is 8. The van der Waals surface area contributed by atoms with Crippen molar-refractivity contribution in [3.63, 3.8) is 0 Å². The maximum Gasteiger partial charge on any atom is 0.261 e. The summed E-state index contributed by atoms with van der Waals surface area (Å²) in [6, 6.07) is 12.0. The molecule has 0 spiro atoms. The maximum absolute atomic E-state index is 13.4. The zero-order valence-corrected chi connectivity index (χ0v) is 25.0. The Morgan fingerprint density at radius 1 is 1.17 bits per heavy atom. The van der Waals surface area contributed by atoms with Gasteiger partial charge in [0.25, 0.3) is 20.0 Å². The third-order valence-electron chi connectivity index (χ3n) is 7.02. The molecule has 3 atom stereocenters. The minimum absolute atomic E-state index is 0.0442. The van der Waals surface area contributed by atoms with Gasteiger partial charge in [-0.1, -0.05) is 25.1 Å². The molecule has 41 heavy (non-hydrogen) atoms. The molecule has 2 N–H and O–H groups in total. The van der Waals surface area contributed by atoms with Crippen molar-refractivity contribution in [3.8, 4) is 5.75 Å². The Bertz CT molecular complexity index is 1590. The Kier molecular flexibility index (Phi) is 9.07. The normalized spacial score (nSPS) is 19.1. The Balaban J connectivity index is 1.68. The van der Waals surface area contributed by atoms with Gasteiger partial charge in [0.05, 0.1) is 36.8 Å². The molecule has 2 aromatic carbocycles. The quantitative estimate of drug-likeness (QED) is 0.374. The predicted molar refractivity (Wildman–Crippen MR) is 152 cm³/mol. The smallest absolute Gasteiger partial charge is 0.261 e. The third-order valence-corrected chi connectivity index (χ3v) is 10.1. The summed E-state index contributed by atoms with van der Waals surface area (Å²) in [7, 11) is -4.69. The van der Waals surface area contributed by atoms with Gasteiger partial charge in [-0.3, -0.25) is 9.52 Å². The van der Waals surface area contributed by atoms with Crippen molar-refractivity contribution < 1.29 is 31.5 Å². The van der Waals surface area contributed by atoms with Crippen LogP contribution in [-0.4, -0.2) is 85.5 Å². The number of nitrogens with one attached hydrogen (secondary N) is 1. The van der Waals surface area contributed by atoms with Gasteiger partial charge in [-0.15, -0.1) is 0 Å². The zero-order chi connectivity index (χ0) is 29.9. The Morgan fingerprint density at radius 3 is 2.51 bits per heavy atom. The van der Waals surface area contributed by atoms with Crippen molar-refractivity contribution in [2.45, 2.75) is 42.3 Å². The molecular weight excluding hydrogens is 570 g/mol. The fraction of sp³-hybridized carbons (Fsp3) is 0.407. The maximum atomic E-state index is 13.4. The average molecular weight is 606 g/mol. The first kappa shape index (κ1) is 30.5. The second-order valence-corrected chi connectivity index (χ2v) is 14.0.